The third-order valence-corrected chi connectivity index (χ3v) is 9.91. The Labute approximate surface area is 291 Å². The average molecular weight is 693 g/mol. The summed E-state index contributed by atoms with van der Waals surface area (Å²) >= 11 is 6.36. The lowest BCUT2D eigenvalue weighted by Crippen LogP contribution is -2.62. The Kier molecular flexibility index (Phi) is 10.9. The van der Waals surface area contributed by atoms with Crippen LogP contribution >= 0.6 is 11.6 Å². The Balaban J connectivity index is 0.000000465. The lowest BCUT2D eigenvalue weighted by molar-refractivity contribution is -0.154. The van der Waals surface area contributed by atoms with Gasteiger partial charge in [0.1, 0.15) is 17.0 Å². The molecule has 260 valence electrons. The van der Waals surface area contributed by atoms with Gasteiger partial charge in [-0.3, -0.25) is 19.8 Å². The van der Waals surface area contributed by atoms with E-state index in [1.165, 1.54) is 19.3 Å². The van der Waals surface area contributed by atoms with Crippen molar-refractivity contribution in [3.8, 4) is 17.3 Å². The van der Waals surface area contributed by atoms with Gasteiger partial charge < -0.3 is 24.8 Å². The summed E-state index contributed by atoms with van der Waals surface area (Å²) in [6.45, 7) is 5.74. The maximum absolute atomic E-state index is 16.5. The standard InChI is InChI=1S/C28H31BClFN8O2.C3H6O2.C3H6/c1-32-17-5-2-8-38(15-17)25-20-13-33-23(18-11-16(30)12-21-19(18)14-34-37-21)22(31)24(20)35-26(36-25)41-28(29,40)27-6-3-9-39(27)10-4-7-27;1-2-5-3-4;1-2-3-1/h11-14,17,32,40H,2-10,15H2,1H3,(H,34,37);3H,2H2,1H3;1-3H2. The molecule has 6 heterocycles. The summed E-state index contributed by atoms with van der Waals surface area (Å²) in [5, 5.41) is 23.4. The molecule has 3 aliphatic heterocycles. The van der Waals surface area contributed by atoms with Gasteiger partial charge in [0, 0.05) is 41.3 Å². The van der Waals surface area contributed by atoms with Gasteiger partial charge in [0.05, 0.1) is 29.2 Å². The number of fused-ring (bicyclic) bond motifs is 3. The van der Waals surface area contributed by atoms with Gasteiger partial charge in [0.25, 0.3) is 6.47 Å². The Bertz CT molecular complexity index is 1760. The van der Waals surface area contributed by atoms with Crippen LogP contribution in [0.15, 0.2) is 24.5 Å². The molecule has 0 amide bonds. The molecule has 15 heteroatoms. The van der Waals surface area contributed by atoms with Crippen LogP contribution in [-0.4, -0.2) is 107 Å². The van der Waals surface area contributed by atoms with Crippen LogP contribution in [0.4, 0.5) is 10.2 Å². The van der Waals surface area contributed by atoms with Crippen molar-refractivity contribution in [3.63, 3.8) is 0 Å². The molecule has 49 heavy (non-hydrogen) atoms. The van der Waals surface area contributed by atoms with Crippen LogP contribution < -0.4 is 15.0 Å². The first-order valence-corrected chi connectivity index (χ1v) is 17.5. The largest absolute Gasteiger partial charge is 0.468 e. The number of aromatic amines is 1. The minimum absolute atomic E-state index is 0.0289. The lowest BCUT2D eigenvalue weighted by atomic mass is 9.73. The van der Waals surface area contributed by atoms with Gasteiger partial charge in [0.15, 0.2) is 19.3 Å². The Morgan fingerprint density at radius 2 is 1.90 bits per heavy atom. The van der Waals surface area contributed by atoms with Gasteiger partial charge in [-0.05, 0) is 77.7 Å². The zero-order valence-corrected chi connectivity index (χ0v) is 28.8. The lowest BCUT2D eigenvalue weighted by Gasteiger charge is -2.44. The number of H-pyrrole nitrogens is 1. The summed E-state index contributed by atoms with van der Waals surface area (Å²) in [5.74, 6) is -0.157. The third-order valence-electron chi connectivity index (χ3n) is 9.70. The molecule has 2 atom stereocenters. The number of anilines is 1. The molecule has 4 aliphatic rings. The molecular weight excluding hydrogens is 650 g/mol. The monoisotopic (exact) mass is 692 g/mol. The molecule has 2 radical (unpaired) electrons. The van der Waals surface area contributed by atoms with Crippen molar-refractivity contribution >= 4 is 53.5 Å². The van der Waals surface area contributed by atoms with E-state index in [2.05, 4.69) is 40.0 Å². The number of pyridine rings is 1. The number of halogens is 2. The summed E-state index contributed by atoms with van der Waals surface area (Å²) < 4.78 is 26.7. The first-order chi connectivity index (χ1) is 23.7. The smallest absolute Gasteiger partial charge is 0.321 e. The number of likely N-dealkylation sites (N-methyl/N-ethyl adjacent to an activating group) is 1. The summed E-state index contributed by atoms with van der Waals surface area (Å²) in [6, 6.07) is 3.45. The summed E-state index contributed by atoms with van der Waals surface area (Å²) in [4.78, 5) is 27.2. The van der Waals surface area contributed by atoms with E-state index >= 15 is 4.39 Å². The molecule has 2 unspecified atom stereocenters. The van der Waals surface area contributed by atoms with E-state index < -0.39 is 17.0 Å². The second kappa shape index (κ2) is 15.1. The molecule has 3 aromatic heterocycles. The average Bonchev–Trinajstić information content (AvgIpc) is 3.62. The maximum Gasteiger partial charge on any atom is 0.321 e. The fourth-order valence-corrected chi connectivity index (χ4v) is 7.32. The highest BCUT2D eigenvalue weighted by atomic mass is 35.5. The van der Waals surface area contributed by atoms with Crippen molar-refractivity contribution in [1.29, 1.82) is 0 Å². The van der Waals surface area contributed by atoms with Crippen molar-refractivity contribution in [2.75, 3.05) is 44.7 Å². The van der Waals surface area contributed by atoms with Crippen LogP contribution in [0.5, 0.6) is 6.01 Å². The predicted octanol–water partition coefficient (Wildman–Crippen LogP) is 4.72. The molecule has 0 bridgehead atoms. The summed E-state index contributed by atoms with van der Waals surface area (Å²) in [7, 11) is 8.46. The minimum Gasteiger partial charge on any atom is -0.468 e. The molecular formula is C34H43BClFN8O4. The second-order valence-electron chi connectivity index (χ2n) is 13.0. The van der Waals surface area contributed by atoms with Crippen molar-refractivity contribution in [2.45, 2.75) is 82.0 Å². The molecule has 4 aromatic rings. The number of aliphatic hydroxyl groups is 1. The zero-order chi connectivity index (χ0) is 34.6. The molecule has 1 aromatic carbocycles. The van der Waals surface area contributed by atoms with E-state index in [4.69, 9.17) is 29.2 Å². The number of ether oxygens (including phenoxy) is 2. The van der Waals surface area contributed by atoms with Crippen LogP contribution in [0, 0.1) is 5.82 Å². The number of nitrogens with one attached hydrogen (secondary N) is 2. The Morgan fingerprint density at radius 3 is 2.55 bits per heavy atom. The summed E-state index contributed by atoms with van der Waals surface area (Å²) in [5.41, 5.74) is -1.53. The maximum atomic E-state index is 16.5. The van der Waals surface area contributed by atoms with Crippen LogP contribution in [0.2, 0.25) is 5.02 Å². The Morgan fingerprint density at radius 1 is 1.14 bits per heavy atom. The number of aromatic nitrogens is 5. The van der Waals surface area contributed by atoms with E-state index in [9.17, 15) is 9.90 Å². The van der Waals surface area contributed by atoms with E-state index in [-0.39, 0.29) is 23.3 Å². The minimum atomic E-state index is -2.05. The number of piperidine rings is 1. The second-order valence-corrected chi connectivity index (χ2v) is 13.4. The number of hydrogen-bond donors (Lipinski definition) is 3. The number of benzene rings is 1. The number of hydrogen-bond acceptors (Lipinski definition) is 11. The molecule has 3 N–H and O–H groups in total. The molecule has 12 nitrogen and oxygen atoms in total. The highest BCUT2D eigenvalue weighted by Crippen LogP contribution is 2.46. The first kappa shape index (κ1) is 35.2. The van der Waals surface area contributed by atoms with Gasteiger partial charge >= 0.3 is 6.01 Å². The number of carbonyl (C=O) groups excluding carboxylic acids is 1. The highest BCUT2D eigenvalue weighted by molar-refractivity contribution is 6.31. The fraction of sp³-hybridized carbons (Fsp3) is 0.559. The number of rotatable bonds is 8. The van der Waals surface area contributed by atoms with E-state index in [0.29, 0.717) is 65.2 Å². The molecule has 8 rings (SSSR count). The SMILES string of the molecule is C1CC1.CCOC=O.[B]C(O)(Oc1nc(N2CCCC(NC)C2)c2cnc(-c3cc(Cl)cc4[nH]ncc34)c(F)c2n1)C12CCCN1CCC2. The van der Waals surface area contributed by atoms with Crippen molar-refractivity contribution in [3.05, 3.63) is 35.4 Å². The van der Waals surface area contributed by atoms with Gasteiger partial charge in [-0.2, -0.15) is 15.1 Å². The van der Waals surface area contributed by atoms with Gasteiger partial charge in [-0.1, -0.05) is 30.9 Å². The van der Waals surface area contributed by atoms with E-state index in [0.717, 1.165) is 45.3 Å². The fourth-order valence-electron chi connectivity index (χ4n) is 7.11. The molecule has 0 spiro atoms. The van der Waals surface area contributed by atoms with E-state index in [1.807, 2.05) is 7.05 Å². The van der Waals surface area contributed by atoms with Crippen molar-refractivity contribution in [1.82, 2.24) is 35.4 Å². The first-order valence-electron chi connectivity index (χ1n) is 17.1. The van der Waals surface area contributed by atoms with Crippen molar-refractivity contribution in [2.24, 2.45) is 0 Å². The summed E-state index contributed by atoms with van der Waals surface area (Å²) in [6.07, 6.45) is 12.9. The topological polar surface area (TPSA) is 142 Å². The zero-order valence-electron chi connectivity index (χ0n) is 28.1. The van der Waals surface area contributed by atoms with Gasteiger partial charge in [-0.15, -0.1) is 0 Å². The van der Waals surface area contributed by atoms with Gasteiger partial charge in [0.2, 0.25) is 0 Å². The van der Waals surface area contributed by atoms with E-state index in [1.54, 1.807) is 31.5 Å². The Hall–Kier alpha value is -3.59. The van der Waals surface area contributed by atoms with Crippen LogP contribution in [0.25, 0.3) is 33.1 Å². The van der Waals surface area contributed by atoms with Crippen LogP contribution in [0.1, 0.15) is 64.7 Å². The number of carbonyl (C=O) groups is 1. The molecule has 4 fully saturated rings. The number of nitrogens with zero attached hydrogens (tertiary/aromatic N) is 6. The molecule has 1 aliphatic carbocycles. The molecule has 1 saturated carbocycles. The third kappa shape index (κ3) is 7.33. The van der Waals surface area contributed by atoms with Gasteiger partial charge in [-0.25, -0.2) is 4.39 Å². The highest BCUT2D eigenvalue weighted by Gasteiger charge is 2.57. The predicted molar refractivity (Wildman–Crippen MR) is 187 cm³/mol. The van der Waals surface area contributed by atoms with Crippen LogP contribution in [-0.2, 0) is 9.53 Å². The normalized spacial score (nSPS) is 20.8. The quantitative estimate of drug-likeness (QED) is 0.134. The van der Waals surface area contributed by atoms with Crippen LogP contribution in [0.3, 0.4) is 0 Å². The van der Waals surface area contributed by atoms with Crippen molar-refractivity contribution < 1.29 is 23.8 Å². The molecule has 3 saturated heterocycles.